The van der Waals surface area contributed by atoms with E-state index in [1.165, 1.54) is 42.6 Å². The van der Waals surface area contributed by atoms with Gasteiger partial charge < -0.3 is 40.7 Å². The largest absolute Gasteiger partial charge is 0.481 e. The van der Waals surface area contributed by atoms with Gasteiger partial charge in [0, 0.05) is 69.5 Å². The van der Waals surface area contributed by atoms with Gasteiger partial charge in [-0.2, -0.15) is 11.8 Å². The van der Waals surface area contributed by atoms with Crippen molar-refractivity contribution in [2.24, 2.45) is 28.6 Å². The number of hydrogen-bond acceptors (Lipinski definition) is 13. The average Bonchev–Trinajstić information content (AvgIpc) is 3.82. The van der Waals surface area contributed by atoms with E-state index in [9.17, 15) is 48.9 Å². The number of aliphatic hydroxyl groups excluding tert-OH is 2. The maximum Gasteiger partial charge on any atom is 0.303 e. The van der Waals surface area contributed by atoms with Gasteiger partial charge in [-0.05, 0) is 106 Å². The zero-order valence-electron chi connectivity index (χ0n) is 39.0. The number of alkyl halides is 2. The highest BCUT2D eigenvalue weighted by atomic mass is 32.2. The summed E-state index contributed by atoms with van der Waals surface area (Å²) in [5, 5.41) is 39.0. The fourth-order valence-electron chi connectivity index (χ4n) is 11.4. The molecule has 2 aromatic carbocycles. The molecule has 4 aliphatic carbocycles. The van der Waals surface area contributed by atoms with Crippen LogP contribution >= 0.6 is 23.5 Å². The minimum absolute atomic E-state index is 0.00497. The second kappa shape index (κ2) is 20.5. The lowest BCUT2D eigenvalue weighted by Gasteiger charge is -2.63. The predicted molar refractivity (Wildman–Crippen MR) is 251 cm³/mol. The SMILES string of the molecule is CSC(C)C(=O)NCCC(=O)N[C@@H](CCC(=O)O)C(=O)C[C@@H](C)C(=O)Nc1ccc(Sc2ccc([C@@H]3O[C@@H]4C[C@H]5[C@@H]6C[C@H](F)C7=CC(=O)C=C[C@]7(C)[C@@]6(F)[C@@H](O)C[C@]5(C)[C@]4(C(=O)CO)O3)cc2)cc1. The molecule has 7 rings (SSSR count). The molecule has 0 spiro atoms. The number of ketones is 3. The molecule has 19 heteroatoms. The van der Waals surface area contributed by atoms with Gasteiger partial charge in [0.05, 0.1) is 23.5 Å². The Labute approximate surface area is 407 Å². The van der Waals surface area contributed by atoms with E-state index in [1.807, 2.05) is 12.1 Å². The molecule has 1 unspecified atom stereocenters. The lowest BCUT2D eigenvalue weighted by atomic mass is 9.44. The first-order valence-electron chi connectivity index (χ1n) is 23.1. The number of Topliss-reactive ketones (excluding diaryl/α,β-unsaturated/α-hetero) is 2. The average molecular weight is 996 g/mol. The van der Waals surface area contributed by atoms with Crippen molar-refractivity contribution < 1.29 is 67.1 Å². The standard InChI is InChI=1S/C50H59F2N3O12S2/c1-26(20-38(58)37(14-15-43(62)63)55-42(61)17-19-53-45(65)27(2)68-5)44(64)54-29-8-12-32(13-9-29)69-31-10-6-28(7-11-31)46-66-41-23-33-34-22-36(51)35-21-30(57)16-18-47(35,3)49(34,52)39(59)24-48(33,4)50(41,67-46)40(60)25-56/h6-13,16,18,21,26-27,33-34,36-37,39,41,46,56,59H,14-15,17,19-20,22-25H2,1-5H3,(H,53,65)(H,54,64)(H,55,61)(H,62,63)/t26-,27?,33+,34+,36+,37+,39+,41-,46-,47+,48+,49+,50-/m1/s1. The Morgan fingerprint density at radius 3 is 2.25 bits per heavy atom. The molecule has 13 atom stereocenters. The Bertz CT molecular complexity index is 2420. The molecule has 372 valence electrons. The third kappa shape index (κ3) is 9.71. The number of carboxylic acid groups (broad SMARTS) is 1. The van der Waals surface area contributed by atoms with Crippen LogP contribution in [0, 0.1) is 28.6 Å². The normalized spacial score (nSPS) is 32.2. The zero-order valence-corrected chi connectivity index (χ0v) is 40.6. The number of amides is 3. The topological polar surface area (TPSA) is 235 Å². The summed E-state index contributed by atoms with van der Waals surface area (Å²) >= 11 is 2.76. The van der Waals surface area contributed by atoms with Gasteiger partial charge in [-0.3, -0.25) is 33.6 Å². The number of ether oxygens (including phenoxy) is 2. The Balaban J connectivity index is 0.952. The van der Waals surface area contributed by atoms with Gasteiger partial charge in [-0.15, -0.1) is 0 Å². The highest BCUT2D eigenvalue weighted by Gasteiger charge is 2.80. The molecule has 0 radical (unpaired) electrons. The maximum atomic E-state index is 17.7. The maximum absolute atomic E-state index is 17.7. The number of nitrogens with one attached hydrogen (secondary N) is 3. The predicted octanol–water partition coefficient (Wildman–Crippen LogP) is 5.62. The Kier molecular flexibility index (Phi) is 15.5. The minimum atomic E-state index is -2.36. The van der Waals surface area contributed by atoms with Crippen LogP contribution in [0.15, 0.2) is 82.1 Å². The molecule has 2 aromatic rings. The van der Waals surface area contributed by atoms with Crippen molar-refractivity contribution in [3.63, 3.8) is 0 Å². The van der Waals surface area contributed by atoms with Gasteiger partial charge in [-0.25, -0.2) is 8.78 Å². The lowest BCUT2D eigenvalue weighted by Crippen LogP contribution is -2.70. The first-order valence-corrected chi connectivity index (χ1v) is 25.2. The third-order valence-electron chi connectivity index (χ3n) is 15.1. The second-order valence-electron chi connectivity index (χ2n) is 19.2. The van der Waals surface area contributed by atoms with Gasteiger partial charge in [-0.1, -0.05) is 43.8 Å². The number of anilines is 1. The van der Waals surface area contributed by atoms with Gasteiger partial charge >= 0.3 is 5.97 Å². The van der Waals surface area contributed by atoms with Crippen LogP contribution in [-0.2, 0) is 43.0 Å². The molecule has 0 aromatic heterocycles. The summed E-state index contributed by atoms with van der Waals surface area (Å²) in [7, 11) is 0. The molecule has 0 bridgehead atoms. The first kappa shape index (κ1) is 52.0. The molecule has 5 aliphatic rings. The number of fused-ring (bicyclic) bond motifs is 7. The van der Waals surface area contributed by atoms with E-state index in [0.29, 0.717) is 11.3 Å². The molecule has 69 heavy (non-hydrogen) atoms. The number of carboxylic acids is 1. The molecule has 1 saturated heterocycles. The van der Waals surface area contributed by atoms with Crippen LogP contribution in [-0.4, -0.2) is 117 Å². The van der Waals surface area contributed by atoms with E-state index in [2.05, 4.69) is 16.0 Å². The van der Waals surface area contributed by atoms with Crippen LogP contribution < -0.4 is 16.0 Å². The van der Waals surface area contributed by atoms with Crippen molar-refractivity contribution >= 4 is 70.3 Å². The number of carbonyl (C=O) groups excluding carboxylic acids is 6. The highest BCUT2D eigenvalue weighted by molar-refractivity contribution is 8.00. The number of rotatable bonds is 19. The van der Waals surface area contributed by atoms with Crippen molar-refractivity contribution in [3.8, 4) is 0 Å². The van der Waals surface area contributed by atoms with E-state index in [-0.39, 0.29) is 68.2 Å². The molecule has 1 aliphatic heterocycles. The molecule has 3 amide bonds. The van der Waals surface area contributed by atoms with Crippen LogP contribution in [0.5, 0.6) is 0 Å². The van der Waals surface area contributed by atoms with Gasteiger partial charge in [0.1, 0.15) is 12.8 Å². The fourth-order valence-corrected chi connectivity index (χ4v) is 12.5. The van der Waals surface area contributed by atoms with Crippen LogP contribution in [0.3, 0.4) is 0 Å². The lowest BCUT2D eigenvalue weighted by molar-refractivity contribution is -0.235. The Hall–Kier alpha value is -4.79. The minimum Gasteiger partial charge on any atom is -0.481 e. The number of halogens is 2. The molecule has 1 heterocycles. The second-order valence-corrected chi connectivity index (χ2v) is 21.5. The van der Waals surface area contributed by atoms with Gasteiger partial charge in [0.25, 0.3) is 0 Å². The Morgan fingerprint density at radius 2 is 1.61 bits per heavy atom. The number of carbonyl (C=O) groups is 7. The molecule has 4 fully saturated rings. The van der Waals surface area contributed by atoms with Crippen molar-refractivity contribution in [2.75, 3.05) is 24.7 Å². The van der Waals surface area contributed by atoms with Gasteiger partial charge in [0.2, 0.25) is 17.7 Å². The number of aliphatic carboxylic acids is 1. The van der Waals surface area contributed by atoms with Crippen molar-refractivity contribution in [1.29, 1.82) is 0 Å². The van der Waals surface area contributed by atoms with Crippen LogP contribution in [0.1, 0.15) is 84.5 Å². The van der Waals surface area contributed by atoms with Crippen molar-refractivity contribution in [3.05, 3.63) is 77.9 Å². The number of aliphatic hydroxyl groups is 2. The highest BCUT2D eigenvalue weighted by Crippen LogP contribution is 2.72. The van der Waals surface area contributed by atoms with Gasteiger partial charge in [0.15, 0.2) is 34.9 Å². The quantitative estimate of drug-likeness (QED) is 0.100. The van der Waals surface area contributed by atoms with E-state index in [1.54, 1.807) is 63.4 Å². The number of allylic oxidation sites excluding steroid dienone is 4. The summed E-state index contributed by atoms with van der Waals surface area (Å²) in [6, 6.07) is 13.1. The third-order valence-corrected chi connectivity index (χ3v) is 17.1. The van der Waals surface area contributed by atoms with Crippen LogP contribution in [0.4, 0.5) is 14.5 Å². The fraction of sp³-hybridized carbons (Fsp3) is 0.540. The first-order chi connectivity index (χ1) is 32.6. The Morgan fingerprint density at radius 1 is 0.942 bits per heavy atom. The van der Waals surface area contributed by atoms with E-state index < -0.39 is 112 Å². The summed E-state index contributed by atoms with van der Waals surface area (Å²) in [4.78, 5) is 90.1. The molecule has 15 nitrogen and oxygen atoms in total. The molecule has 6 N–H and O–H groups in total. The number of benzene rings is 2. The number of hydrogen-bond donors (Lipinski definition) is 6. The van der Waals surface area contributed by atoms with Crippen molar-refractivity contribution in [2.45, 2.75) is 130 Å². The van der Waals surface area contributed by atoms with Crippen LogP contribution in [0.25, 0.3) is 0 Å². The molecule has 3 saturated carbocycles. The van der Waals surface area contributed by atoms with Crippen LogP contribution in [0.2, 0.25) is 0 Å². The summed E-state index contributed by atoms with van der Waals surface area (Å²) in [5.74, 6) is -6.57. The number of thioether (sulfide) groups is 1. The smallest absolute Gasteiger partial charge is 0.303 e. The van der Waals surface area contributed by atoms with E-state index in [0.717, 1.165) is 15.9 Å². The summed E-state index contributed by atoms with van der Waals surface area (Å²) < 4.78 is 46.8. The van der Waals surface area contributed by atoms with Crippen molar-refractivity contribution in [1.82, 2.24) is 10.6 Å². The van der Waals surface area contributed by atoms with E-state index in [4.69, 9.17) is 9.47 Å². The van der Waals surface area contributed by atoms with E-state index >= 15 is 8.78 Å². The zero-order chi connectivity index (χ0) is 50.2. The summed E-state index contributed by atoms with van der Waals surface area (Å²) in [6.07, 6.45) is -1.18. The monoisotopic (exact) mass is 995 g/mol. The molecular formula is C50H59F2N3O12S2. The molecular weight excluding hydrogens is 937 g/mol. The summed E-state index contributed by atoms with van der Waals surface area (Å²) in [5.41, 5.74) is -5.96. The summed E-state index contributed by atoms with van der Waals surface area (Å²) in [6.45, 7) is 5.66.